The largest absolute Gasteiger partial charge is 0.508 e. The molecular weight excluding hydrogens is 208 g/mol. The van der Waals surface area contributed by atoms with Crippen LogP contribution in [0.15, 0.2) is 24.3 Å². The molecule has 0 radical (unpaired) electrons. The van der Waals surface area contributed by atoms with Gasteiger partial charge < -0.3 is 5.11 Å². The van der Waals surface area contributed by atoms with Gasteiger partial charge in [0.25, 0.3) is 0 Å². The SMILES string of the molecule is CC(C)(C)CC(c1ccc(O)cc1)C(C)(C)C. The predicted octanol–water partition coefficient (Wildman–Crippen LogP) is 4.96. The smallest absolute Gasteiger partial charge is 0.115 e. The van der Waals surface area contributed by atoms with E-state index in [4.69, 9.17) is 0 Å². The van der Waals surface area contributed by atoms with Crippen LogP contribution in [0.5, 0.6) is 5.75 Å². The number of benzene rings is 1. The van der Waals surface area contributed by atoms with E-state index in [0.717, 1.165) is 6.42 Å². The summed E-state index contributed by atoms with van der Waals surface area (Å²) in [5, 5.41) is 9.37. The first-order valence-electron chi connectivity index (χ1n) is 6.38. The van der Waals surface area contributed by atoms with Crippen molar-refractivity contribution >= 4 is 0 Å². The van der Waals surface area contributed by atoms with Gasteiger partial charge in [-0.25, -0.2) is 0 Å². The van der Waals surface area contributed by atoms with E-state index in [0.29, 0.717) is 17.1 Å². The molecule has 1 aromatic rings. The molecule has 0 bridgehead atoms. The predicted molar refractivity (Wildman–Crippen MR) is 74.4 cm³/mol. The van der Waals surface area contributed by atoms with Gasteiger partial charge in [-0.1, -0.05) is 53.7 Å². The van der Waals surface area contributed by atoms with E-state index in [1.807, 2.05) is 0 Å². The van der Waals surface area contributed by atoms with Crippen LogP contribution in [0.25, 0.3) is 0 Å². The maximum atomic E-state index is 9.37. The number of aromatic hydroxyl groups is 1. The number of rotatable bonds is 2. The minimum absolute atomic E-state index is 0.240. The van der Waals surface area contributed by atoms with Gasteiger partial charge in [-0.3, -0.25) is 0 Å². The molecule has 1 nitrogen and oxygen atoms in total. The Morgan fingerprint density at radius 3 is 1.76 bits per heavy atom. The molecule has 1 rings (SSSR count). The molecule has 96 valence electrons. The molecule has 0 aliphatic carbocycles. The van der Waals surface area contributed by atoms with E-state index in [9.17, 15) is 5.11 Å². The maximum Gasteiger partial charge on any atom is 0.115 e. The fourth-order valence-electron chi connectivity index (χ4n) is 2.24. The molecule has 0 aliphatic heterocycles. The molecule has 0 saturated heterocycles. The molecule has 1 atom stereocenters. The van der Waals surface area contributed by atoms with Gasteiger partial charge in [-0.05, 0) is 40.9 Å². The summed E-state index contributed by atoms with van der Waals surface area (Å²) in [6.07, 6.45) is 1.15. The minimum Gasteiger partial charge on any atom is -0.508 e. The Morgan fingerprint density at radius 2 is 1.41 bits per heavy atom. The van der Waals surface area contributed by atoms with Crippen molar-refractivity contribution in [3.8, 4) is 5.75 Å². The van der Waals surface area contributed by atoms with Crippen molar-refractivity contribution in [2.24, 2.45) is 10.8 Å². The fraction of sp³-hybridized carbons (Fsp3) is 0.625. The highest BCUT2D eigenvalue weighted by molar-refractivity contribution is 5.29. The van der Waals surface area contributed by atoms with Gasteiger partial charge >= 0.3 is 0 Å². The molecule has 1 unspecified atom stereocenters. The Hall–Kier alpha value is -0.980. The Morgan fingerprint density at radius 1 is 0.941 bits per heavy atom. The summed E-state index contributed by atoms with van der Waals surface area (Å²) in [5.74, 6) is 0.861. The molecular formula is C16H26O. The van der Waals surface area contributed by atoms with E-state index in [1.165, 1.54) is 5.56 Å². The molecule has 0 amide bonds. The lowest BCUT2D eigenvalue weighted by Gasteiger charge is -2.36. The van der Waals surface area contributed by atoms with Crippen molar-refractivity contribution in [2.75, 3.05) is 0 Å². The second-order valence-corrected chi connectivity index (χ2v) is 7.27. The standard InChI is InChI=1S/C16H26O/c1-15(2,3)11-14(16(4,5)6)12-7-9-13(17)10-8-12/h7-10,14,17H,11H2,1-6H3. The molecule has 0 heterocycles. The third-order valence-corrected chi connectivity index (χ3v) is 3.16. The number of phenols is 1. The summed E-state index contributed by atoms with van der Waals surface area (Å²) in [4.78, 5) is 0. The van der Waals surface area contributed by atoms with Gasteiger partial charge in [-0.15, -0.1) is 0 Å². The number of phenolic OH excluding ortho intramolecular Hbond substituents is 1. The van der Waals surface area contributed by atoms with E-state index < -0.39 is 0 Å². The molecule has 0 aromatic heterocycles. The molecule has 17 heavy (non-hydrogen) atoms. The van der Waals surface area contributed by atoms with Crippen molar-refractivity contribution in [3.05, 3.63) is 29.8 Å². The van der Waals surface area contributed by atoms with Crippen LogP contribution in [0, 0.1) is 10.8 Å². The summed E-state index contributed by atoms with van der Waals surface area (Å²) >= 11 is 0. The van der Waals surface area contributed by atoms with Crippen LogP contribution in [0.1, 0.15) is 59.4 Å². The lowest BCUT2D eigenvalue weighted by molar-refractivity contribution is 0.229. The van der Waals surface area contributed by atoms with E-state index in [1.54, 1.807) is 12.1 Å². The van der Waals surface area contributed by atoms with Crippen LogP contribution in [0.4, 0.5) is 0 Å². The molecule has 1 aromatic carbocycles. The first-order valence-corrected chi connectivity index (χ1v) is 6.38. The van der Waals surface area contributed by atoms with Crippen molar-refractivity contribution in [2.45, 2.75) is 53.9 Å². The van der Waals surface area contributed by atoms with Crippen molar-refractivity contribution in [1.82, 2.24) is 0 Å². The quantitative estimate of drug-likeness (QED) is 0.767. The second-order valence-electron chi connectivity index (χ2n) is 7.27. The van der Waals surface area contributed by atoms with Gasteiger partial charge in [0.15, 0.2) is 0 Å². The van der Waals surface area contributed by atoms with Crippen LogP contribution in [0.3, 0.4) is 0 Å². The van der Waals surface area contributed by atoms with Crippen LogP contribution in [-0.2, 0) is 0 Å². The van der Waals surface area contributed by atoms with Crippen molar-refractivity contribution in [3.63, 3.8) is 0 Å². The minimum atomic E-state index is 0.240. The average molecular weight is 234 g/mol. The Bertz CT molecular complexity index is 349. The molecule has 1 heteroatoms. The highest BCUT2D eigenvalue weighted by Gasteiger charge is 2.30. The maximum absolute atomic E-state index is 9.37. The summed E-state index contributed by atoms with van der Waals surface area (Å²) in [6, 6.07) is 7.68. The summed E-state index contributed by atoms with van der Waals surface area (Å²) < 4.78 is 0. The van der Waals surface area contributed by atoms with Crippen LogP contribution in [-0.4, -0.2) is 5.11 Å². The Labute approximate surface area is 106 Å². The topological polar surface area (TPSA) is 20.2 Å². The van der Waals surface area contributed by atoms with Crippen LogP contribution >= 0.6 is 0 Å². The first-order chi connectivity index (χ1) is 7.59. The Kier molecular flexibility index (Phi) is 3.91. The lowest BCUT2D eigenvalue weighted by atomic mass is 9.69. The molecule has 0 fully saturated rings. The van der Waals surface area contributed by atoms with E-state index in [2.05, 4.69) is 53.7 Å². The van der Waals surface area contributed by atoms with Gasteiger partial charge in [0.1, 0.15) is 5.75 Å². The van der Waals surface area contributed by atoms with Crippen LogP contribution in [0.2, 0.25) is 0 Å². The Balaban J connectivity index is 3.03. The third-order valence-electron chi connectivity index (χ3n) is 3.16. The molecule has 0 saturated carbocycles. The highest BCUT2D eigenvalue weighted by atomic mass is 16.3. The van der Waals surface area contributed by atoms with E-state index >= 15 is 0 Å². The highest BCUT2D eigenvalue weighted by Crippen LogP contribution is 2.43. The number of hydrogen-bond acceptors (Lipinski definition) is 1. The lowest BCUT2D eigenvalue weighted by Crippen LogP contribution is -2.23. The summed E-state index contributed by atoms with van der Waals surface area (Å²) in [6.45, 7) is 13.7. The zero-order chi connectivity index (χ0) is 13.3. The molecule has 0 aliphatic rings. The van der Waals surface area contributed by atoms with Crippen molar-refractivity contribution < 1.29 is 5.11 Å². The van der Waals surface area contributed by atoms with Gasteiger partial charge in [0.2, 0.25) is 0 Å². The number of hydrogen-bond donors (Lipinski definition) is 1. The average Bonchev–Trinajstić information content (AvgIpc) is 2.13. The van der Waals surface area contributed by atoms with Crippen LogP contribution < -0.4 is 0 Å². The summed E-state index contributed by atoms with van der Waals surface area (Å²) in [5.41, 5.74) is 1.88. The van der Waals surface area contributed by atoms with Gasteiger partial charge in [0, 0.05) is 0 Å². The zero-order valence-corrected chi connectivity index (χ0v) is 12.0. The summed E-state index contributed by atoms with van der Waals surface area (Å²) in [7, 11) is 0. The first kappa shape index (κ1) is 14.1. The second kappa shape index (κ2) is 4.72. The van der Waals surface area contributed by atoms with Crippen molar-refractivity contribution in [1.29, 1.82) is 0 Å². The fourth-order valence-corrected chi connectivity index (χ4v) is 2.24. The molecule has 1 N–H and O–H groups in total. The zero-order valence-electron chi connectivity index (χ0n) is 12.0. The van der Waals surface area contributed by atoms with Gasteiger partial charge in [0.05, 0.1) is 0 Å². The molecule has 0 spiro atoms. The van der Waals surface area contributed by atoms with Gasteiger partial charge in [-0.2, -0.15) is 0 Å². The van der Waals surface area contributed by atoms with E-state index in [-0.39, 0.29) is 5.41 Å². The monoisotopic (exact) mass is 234 g/mol. The third kappa shape index (κ3) is 4.41. The normalized spacial score (nSPS) is 14.7.